The van der Waals surface area contributed by atoms with Gasteiger partial charge >= 0.3 is 154 Å². The Morgan fingerprint density at radius 3 is 1.35 bits per heavy atom. The number of ether oxygens (including phenoxy) is 1. The summed E-state index contributed by atoms with van der Waals surface area (Å²) in [6.07, 6.45) is 0.171. The van der Waals surface area contributed by atoms with Crippen molar-refractivity contribution in [1.29, 1.82) is 0 Å². The molecule has 0 radical (unpaired) electrons. The van der Waals surface area contributed by atoms with Crippen LogP contribution >= 0.6 is 7.26 Å². The van der Waals surface area contributed by atoms with Crippen molar-refractivity contribution in [2.45, 2.75) is 6.92 Å². The number of carbonyl (C=O) groups excluding carboxylic acids is 2. The Hall–Kier alpha value is -2.77. The summed E-state index contributed by atoms with van der Waals surface area (Å²) >= 11 is 0. The fraction of sp³-hybridized carbons (Fsp3) is 0.0909. The van der Waals surface area contributed by atoms with Crippen LogP contribution in [0.1, 0.15) is 6.92 Å². The second kappa shape index (κ2) is 8.07. The molecule has 0 saturated heterocycles. The van der Waals surface area contributed by atoms with E-state index in [0.29, 0.717) is 0 Å². The first-order valence-electron chi connectivity index (χ1n) is 8.51. The summed E-state index contributed by atoms with van der Waals surface area (Å²) in [5.41, 5.74) is 0. The summed E-state index contributed by atoms with van der Waals surface area (Å²) < 4.78 is 4.93. The Labute approximate surface area is 154 Å². The van der Waals surface area contributed by atoms with Gasteiger partial charge < -0.3 is 0 Å². The second-order valence-electron chi connectivity index (χ2n) is 6.15. The van der Waals surface area contributed by atoms with Gasteiger partial charge in [-0.25, -0.2) is 0 Å². The van der Waals surface area contributed by atoms with Crippen molar-refractivity contribution >= 4 is 35.1 Å². The maximum absolute atomic E-state index is 12.6. The van der Waals surface area contributed by atoms with Crippen molar-refractivity contribution in [3.63, 3.8) is 0 Å². The van der Waals surface area contributed by atoms with Crippen LogP contribution in [0.3, 0.4) is 0 Å². The summed E-state index contributed by atoms with van der Waals surface area (Å²) in [6, 6.07) is 30.2. The van der Waals surface area contributed by atoms with E-state index in [2.05, 4.69) is 36.4 Å². The quantitative estimate of drug-likeness (QED) is 0.397. The fourth-order valence-corrected chi connectivity index (χ4v) is 7.79. The molecule has 0 saturated carbocycles. The van der Waals surface area contributed by atoms with Gasteiger partial charge in [-0.3, -0.25) is 0 Å². The summed E-state index contributed by atoms with van der Waals surface area (Å²) in [5, 5.41) is 3.33. The molecule has 3 aromatic rings. The minimum absolute atomic E-state index is 0.171. The van der Waals surface area contributed by atoms with Gasteiger partial charge in [-0.1, -0.05) is 0 Å². The van der Waals surface area contributed by atoms with Gasteiger partial charge in [0.25, 0.3) is 0 Å². The molecular weight excluding hydrogens is 343 g/mol. The van der Waals surface area contributed by atoms with Gasteiger partial charge in [-0.05, 0) is 0 Å². The molecule has 0 spiro atoms. The van der Waals surface area contributed by atoms with E-state index in [1.54, 1.807) is 0 Å². The van der Waals surface area contributed by atoms with Gasteiger partial charge in [0.15, 0.2) is 0 Å². The van der Waals surface area contributed by atoms with Crippen LogP contribution in [0, 0.1) is 0 Å². The molecule has 3 rings (SSSR count). The zero-order valence-electron chi connectivity index (χ0n) is 14.6. The Bertz CT molecular complexity index is 780. The third kappa shape index (κ3) is 3.74. The van der Waals surface area contributed by atoms with E-state index in [1.807, 2.05) is 54.6 Å². The molecule has 0 aliphatic heterocycles. The molecule has 3 aromatic carbocycles. The van der Waals surface area contributed by atoms with Gasteiger partial charge in [0.2, 0.25) is 0 Å². The fourth-order valence-electron chi connectivity index (χ4n) is 3.39. The average Bonchev–Trinajstić information content (AvgIpc) is 2.67. The molecule has 0 heterocycles. The average molecular weight is 364 g/mol. The van der Waals surface area contributed by atoms with Crippen molar-refractivity contribution in [1.82, 2.24) is 0 Å². The van der Waals surface area contributed by atoms with Gasteiger partial charge in [0.1, 0.15) is 0 Å². The van der Waals surface area contributed by atoms with E-state index >= 15 is 0 Å². The minimum atomic E-state index is -2.68. The monoisotopic (exact) mass is 364 g/mol. The molecule has 0 fully saturated rings. The molecule has 0 bridgehead atoms. The molecular formula is C22H21O3P. The first kappa shape index (κ1) is 18.0. The third-order valence-electron chi connectivity index (χ3n) is 4.47. The molecule has 0 unspecified atom stereocenters. The first-order valence-corrected chi connectivity index (χ1v) is 10.7. The summed E-state index contributed by atoms with van der Waals surface area (Å²) in [4.78, 5) is 23.9. The number of hydrogen-bond acceptors (Lipinski definition) is 3. The summed E-state index contributed by atoms with van der Waals surface area (Å²) in [5.74, 6) is -1.06. The van der Waals surface area contributed by atoms with Crippen LogP contribution in [0.15, 0.2) is 91.0 Å². The molecule has 0 atom stereocenters. The van der Waals surface area contributed by atoms with E-state index in [9.17, 15) is 9.59 Å². The number of hydrogen-bond donors (Lipinski definition) is 0. The zero-order chi connectivity index (χ0) is 18.4. The molecule has 132 valence electrons. The third-order valence-corrected chi connectivity index (χ3v) is 9.24. The standard InChI is InChI=1S/C22H21O3P/c1-18(23)25-22(24)17-26(19-11-5-2-6-12-19,20-13-7-3-8-14-20)21-15-9-4-10-16-21/h2-16,26H,17H2,1H3. The number of rotatable bonds is 5. The Kier molecular flexibility index (Phi) is 5.60. The molecule has 0 amide bonds. The van der Waals surface area contributed by atoms with Crippen molar-refractivity contribution < 1.29 is 14.3 Å². The van der Waals surface area contributed by atoms with Crippen LogP contribution in [-0.2, 0) is 14.3 Å². The van der Waals surface area contributed by atoms with Crippen LogP contribution in [0.5, 0.6) is 0 Å². The molecule has 0 aromatic heterocycles. The van der Waals surface area contributed by atoms with Gasteiger partial charge in [0.05, 0.1) is 0 Å². The topological polar surface area (TPSA) is 43.4 Å². The van der Waals surface area contributed by atoms with E-state index in [0.717, 1.165) is 15.9 Å². The molecule has 4 heteroatoms. The number of benzene rings is 3. The molecule has 0 aliphatic carbocycles. The van der Waals surface area contributed by atoms with E-state index in [-0.39, 0.29) is 6.16 Å². The number of carbonyl (C=O) groups is 2. The Morgan fingerprint density at radius 2 is 1.04 bits per heavy atom. The number of esters is 2. The predicted molar refractivity (Wildman–Crippen MR) is 108 cm³/mol. The van der Waals surface area contributed by atoms with Crippen LogP contribution < -0.4 is 15.9 Å². The molecule has 3 nitrogen and oxygen atoms in total. The van der Waals surface area contributed by atoms with Gasteiger partial charge in [0, 0.05) is 0 Å². The van der Waals surface area contributed by atoms with Crippen molar-refractivity contribution in [2.75, 3.05) is 6.16 Å². The van der Waals surface area contributed by atoms with Crippen LogP contribution in [0.25, 0.3) is 0 Å². The van der Waals surface area contributed by atoms with Gasteiger partial charge in [-0.15, -0.1) is 0 Å². The molecule has 0 aliphatic rings. The van der Waals surface area contributed by atoms with Crippen LogP contribution in [0.2, 0.25) is 0 Å². The molecule has 0 N–H and O–H groups in total. The summed E-state index contributed by atoms with van der Waals surface area (Å²) in [7, 11) is -2.68. The SMILES string of the molecule is CC(=O)OC(=O)C[PH](c1ccccc1)(c1ccccc1)c1ccccc1. The van der Waals surface area contributed by atoms with Crippen LogP contribution in [-0.4, -0.2) is 18.1 Å². The summed E-state index contributed by atoms with van der Waals surface area (Å²) in [6.45, 7) is 1.26. The predicted octanol–water partition coefficient (Wildman–Crippen LogP) is 2.80. The van der Waals surface area contributed by atoms with Crippen molar-refractivity contribution in [3.8, 4) is 0 Å². The van der Waals surface area contributed by atoms with Crippen LogP contribution in [0.4, 0.5) is 0 Å². The Morgan fingerprint density at radius 1 is 0.692 bits per heavy atom. The molecule has 26 heavy (non-hydrogen) atoms. The van der Waals surface area contributed by atoms with E-state index in [4.69, 9.17) is 4.74 Å². The maximum atomic E-state index is 12.6. The Balaban J connectivity index is 2.24. The van der Waals surface area contributed by atoms with Crippen molar-refractivity contribution in [3.05, 3.63) is 91.0 Å². The first-order chi connectivity index (χ1) is 12.6. The zero-order valence-corrected chi connectivity index (χ0v) is 15.6. The van der Waals surface area contributed by atoms with E-state index in [1.165, 1.54) is 6.92 Å². The van der Waals surface area contributed by atoms with E-state index < -0.39 is 19.2 Å². The normalized spacial score (nSPS) is 11.6. The van der Waals surface area contributed by atoms with Crippen molar-refractivity contribution in [2.24, 2.45) is 0 Å². The van der Waals surface area contributed by atoms with Gasteiger partial charge in [-0.2, -0.15) is 0 Å². The second-order valence-corrected chi connectivity index (χ2v) is 10.0.